The predicted octanol–water partition coefficient (Wildman–Crippen LogP) is 1.13. The summed E-state index contributed by atoms with van der Waals surface area (Å²) in [5.41, 5.74) is 0.457. The zero-order valence-electron chi connectivity index (χ0n) is 16.3. The highest BCUT2D eigenvalue weighted by atomic mass is 16.5. The SMILES string of the molecule is COCCNC(=O)c1nn(-c2cccc(C)c2)c(=O)n(Cc2ccccc2)c1=O. The highest BCUT2D eigenvalue weighted by Gasteiger charge is 2.20. The van der Waals surface area contributed by atoms with E-state index >= 15 is 0 Å². The van der Waals surface area contributed by atoms with Crippen LogP contribution < -0.4 is 16.6 Å². The number of nitrogens with one attached hydrogen (secondary N) is 1. The predicted molar refractivity (Wildman–Crippen MR) is 109 cm³/mol. The molecule has 0 saturated heterocycles. The van der Waals surface area contributed by atoms with Gasteiger partial charge in [-0.15, -0.1) is 0 Å². The van der Waals surface area contributed by atoms with Crippen molar-refractivity contribution >= 4 is 5.91 Å². The third-order valence-electron chi connectivity index (χ3n) is 4.30. The molecule has 0 radical (unpaired) electrons. The molecule has 3 rings (SSSR count). The van der Waals surface area contributed by atoms with E-state index in [1.54, 1.807) is 18.2 Å². The van der Waals surface area contributed by atoms with Gasteiger partial charge in [-0.25, -0.2) is 4.79 Å². The molecule has 2 aromatic carbocycles. The van der Waals surface area contributed by atoms with Gasteiger partial charge in [-0.1, -0.05) is 42.5 Å². The molecule has 150 valence electrons. The minimum atomic E-state index is -0.738. The molecule has 8 heteroatoms. The number of aryl methyl sites for hydroxylation is 1. The first-order valence-corrected chi connectivity index (χ1v) is 9.13. The first kappa shape index (κ1) is 20.2. The van der Waals surface area contributed by atoms with Crippen LogP contribution in [0.3, 0.4) is 0 Å². The van der Waals surface area contributed by atoms with Crippen LogP contribution in [-0.4, -0.2) is 40.5 Å². The summed E-state index contributed by atoms with van der Waals surface area (Å²) in [7, 11) is 1.51. The Labute approximate surface area is 167 Å². The van der Waals surface area contributed by atoms with Crippen LogP contribution in [0.5, 0.6) is 0 Å². The lowest BCUT2D eigenvalue weighted by Gasteiger charge is -2.12. The van der Waals surface area contributed by atoms with Crippen molar-refractivity contribution in [3.63, 3.8) is 0 Å². The fourth-order valence-electron chi connectivity index (χ4n) is 2.84. The summed E-state index contributed by atoms with van der Waals surface area (Å²) in [5, 5.41) is 6.67. The van der Waals surface area contributed by atoms with Crippen LogP contribution in [0.2, 0.25) is 0 Å². The molecule has 0 saturated carbocycles. The van der Waals surface area contributed by atoms with Crippen molar-refractivity contribution in [2.24, 2.45) is 0 Å². The summed E-state index contributed by atoms with van der Waals surface area (Å²) in [4.78, 5) is 38.5. The minimum absolute atomic E-state index is 0.0329. The Morgan fingerprint density at radius 1 is 1.10 bits per heavy atom. The van der Waals surface area contributed by atoms with Crippen molar-refractivity contribution in [1.82, 2.24) is 19.7 Å². The standard InChI is InChI=1S/C21H22N4O4/c1-15-7-6-10-17(13-15)25-21(28)24(14-16-8-4-3-5-9-16)20(27)18(23-25)19(26)22-11-12-29-2/h3-10,13H,11-12,14H2,1-2H3,(H,22,26). The van der Waals surface area contributed by atoms with Gasteiger partial charge in [0.05, 0.1) is 18.8 Å². The van der Waals surface area contributed by atoms with Gasteiger partial charge in [-0.2, -0.15) is 9.78 Å². The zero-order chi connectivity index (χ0) is 20.8. The highest BCUT2D eigenvalue weighted by Crippen LogP contribution is 2.07. The Bertz CT molecular complexity index is 1120. The average molecular weight is 394 g/mol. The molecule has 0 aliphatic heterocycles. The summed E-state index contributed by atoms with van der Waals surface area (Å²) in [6, 6.07) is 16.2. The van der Waals surface area contributed by atoms with Crippen molar-refractivity contribution in [3.8, 4) is 5.69 Å². The zero-order valence-corrected chi connectivity index (χ0v) is 16.3. The number of nitrogens with zero attached hydrogens (tertiary/aromatic N) is 3. The number of carbonyl (C=O) groups is 1. The second-order valence-electron chi connectivity index (χ2n) is 6.51. The Balaban J connectivity index is 2.14. The van der Waals surface area contributed by atoms with E-state index in [0.29, 0.717) is 12.3 Å². The molecule has 1 heterocycles. The number of benzene rings is 2. The van der Waals surface area contributed by atoms with E-state index in [-0.39, 0.29) is 18.8 Å². The van der Waals surface area contributed by atoms with Gasteiger partial charge < -0.3 is 10.1 Å². The minimum Gasteiger partial charge on any atom is -0.383 e. The first-order valence-electron chi connectivity index (χ1n) is 9.13. The van der Waals surface area contributed by atoms with Crippen LogP contribution in [0, 0.1) is 6.92 Å². The molecular weight excluding hydrogens is 372 g/mol. The number of methoxy groups -OCH3 is 1. The fraction of sp³-hybridized carbons (Fsp3) is 0.238. The smallest absolute Gasteiger partial charge is 0.352 e. The van der Waals surface area contributed by atoms with Gasteiger partial charge in [0.1, 0.15) is 0 Å². The van der Waals surface area contributed by atoms with E-state index in [1.807, 2.05) is 43.3 Å². The van der Waals surface area contributed by atoms with Crippen molar-refractivity contribution < 1.29 is 9.53 Å². The largest absolute Gasteiger partial charge is 0.383 e. The van der Waals surface area contributed by atoms with Crippen LogP contribution in [0.25, 0.3) is 5.69 Å². The number of rotatable bonds is 7. The lowest BCUT2D eigenvalue weighted by atomic mass is 10.2. The highest BCUT2D eigenvalue weighted by molar-refractivity contribution is 5.91. The van der Waals surface area contributed by atoms with Gasteiger partial charge in [0, 0.05) is 13.7 Å². The van der Waals surface area contributed by atoms with Gasteiger partial charge in [-0.3, -0.25) is 14.2 Å². The fourth-order valence-corrected chi connectivity index (χ4v) is 2.84. The van der Waals surface area contributed by atoms with E-state index in [2.05, 4.69) is 10.4 Å². The maximum absolute atomic E-state index is 13.1. The normalized spacial score (nSPS) is 10.7. The number of carbonyl (C=O) groups excluding carboxylic acids is 1. The Hall–Kier alpha value is -3.52. The molecule has 0 unspecified atom stereocenters. The second-order valence-corrected chi connectivity index (χ2v) is 6.51. The Morgan fingerprint density at radius 2 is 1.86 bits per heavy atom. The molecule has 1 N–H and O–H groups in total. The van der Waals surface area contributed by atoms with Crippen molar-refractivity contribution in [1.29, 1.82) is 0 Å². The molecule has 0 atom stereocenters. The number of hydrogen-bond acceptors (Lipinski definition) is 5. The molecule has 0 aliphatic carbocycles. The number of amides is 1. The third-order valence-corrected chi connectivity index (χ3v) is 4.30. The van der Waals surface area contributed by atoms with Crippen LogP contribution in [0.1, 0.15) is 21.6 Å². The Morgan fingerprint density at radius 3 is 2.55 bits per heavy atom. The van der Waals surface area contributed by atoms with E-state index in [4.69, 9.17) is 4.74 Å². The molecule has 0 spiro atoms. The van der Waals surface area contributed by atoms with Crippen molar-refractivity contribution in [2.45, 2.75) is 13.5 Å². The van der Waals surface area contributed by atoms with E-state index < -0.39 is 17.2 Å². The summed E-state index contributed by atoms with van der Waals surface area (Å²) >= 11 is 0. The second kappa shape index (κ2) is 9.11. The van der Waals surface area contributed by atoms with Gasteiger partial charge >= 0.3 is 5.69 Å². The summed E-state index contributed by atoms with van der Waals surface area (Å²) in [6.07, 6.45) is 0. The number of ether oxygens (including phenoxy) is 1. The maximum atomic E-state index is 13.1. The summed E-state index contributed by atoms with van der Waals surface area (Å²) in [5.74, 6) is -0.657. The van der Waals surface area contributed by atoms with E-state index in [9.17, 15) is 14.4 Å². The summed E-state index contributed by atoms with van der Waals surface area (Å²) < 4.78 is 7.02. The molecule has 0 bridgehead atoms. The molecule has 3 aromatic rings. The van der Waals surface area contributed by atoms with E-state index in [1.165, 1.54) is 7.11 Å². The monoisotopic (exact) mass is 394 g/mol. The van der Waals surface area contributed by atoms with Gasteiger partial charge in [0.25, 0.3) is 11.5 Å². The molecule has 0 aliphatic rings. The average Bonchev–Trinajstić information content (AvgIpc) is 2.72. The molecule has 1 amide bonds. The topological polar surface area (TPSA) is 95.2 Å². The lowest BCUT2D eigenvalue weighted by molar-refractivity contribution is 0.0927. The van der Waals surface area contributed by atoms with Crippen LogP contribution in [-0.2, 0) is 11.3 Å². The molecule has 29 heavy (non-hydrogen) atoms. The first-order chi connectivity index (χ1) is 14.0. The van der Waals surface area contributed by atoms with E-state index in [0.717, 1.165) is 20.4 Å². The molecular formula is C21H22N4O4. The van der Waals surface area contributed by atoms with Crippen molar-refractivity contribution in [2.75, 3.05) is 20.3 Å². The maximum Gasteiger partial charge on any atom is 0.352 e. The van der Waals surface area contributed by atoms with Crippen LogP contribution >= 0.6 is 0 Å². The van der Waals surface area contributed by atoms with Gasteiger partial charge in [0.2, 0.25) is 5.69 Å². The van der Waals surface area contributed by atoms with Gasteiger partial charge in [-0.05, 0) is 30.2 Å². The summed E-state index contributed by atoms with van der Waals surface area (Å²) in [6.45, 7) is 2.43. The van der Waals surface area contributed by atoms with Crippen molar-refractivity contribution in [3.05, 3.63) is 92.3 Å². The third kappa shape index (κ3) is 4.67. The van der Waals surface area contributed by atoms with Crippen LogP contribution in [0.4, 0.5) is 0 Å². The molecule has 1 aromatic heterocycles. The molecule has 8 nitrogen and oxygen atoms in total. The quantitative estimate of drug-likeness (QED) is 0.606. The molecule has 0 fully saturated rings. The number of hydrogen-bond donors (Lipinski definition) is 1. The Kier molecular flexibility index (Phi) is 6.36. The lowest BCUT2D eigenvalue weighted by Crippen LogP contribution is -2.46. The number of aromatic nitrogens is 3. The van der Waals surface area contributed by atoms with Gasteiger partial charge in [0.15, 0.2) is 0 Å². The van der Waals surface area contributed by atoms with Crippen LogP contribution in [0.15, 0.2) is 64.2 Å².